The maximum absolute atomic E-state index is 10.4. The highest BCUT2D eigenvalue weighted by molar-refractivity contribution is 9.10. The molecule has 108 valence electrons. The van der Waals surface area contributed by atoms with Crippen LogP contribution in [0, 0.1) is 6.92 Å². The second-order valence-electron chi connectivity index (χ2n) is 4.52. The van der Waals surface area contributed by atoms with Crippen LogP contribution in [-0.2, 0) is 13.0 Å². The Labute approximate surface area is 136 Å². The summed E-state index contributed by atoms with van der Waals surface area (Å²) >= 11 is 15.8. The molecule has 0 aliphatic rings. The van der Waals surface area contributed by atoms with E-state index in [1.165, 1.54) is 0 Å². The van der Waals surface area contributed by atoms with Crippen LogP contribution in [0.2, 0.25) is 10.0 Å². The van der Waals surface area contributed by atoms with Gasteiger partial charge in [0.1, 0.15) is 0 Å². The number of nitrogens with zero attached hydrogens (tertiary/aromatic N) is 2. The van der Waals surface area contributed by atoms with Gasteiger partial charge in [0.15, 0.2) is 0 Å². The third-order valence-corrected chi connectivity index (χ3v) is 4.98. The molecule has 3 nitrogen and oxygen atoms in total. The van der Waals surface area contributed by atoms with E-state index >= 15 is 0 Å². The van der Waals surface area contributed by atoms with Gasteiger partial charge in [0.2, 0.25) is 0 Å². The van der Waals surface area contributed by atoms with Gasteiger partial charge in [0.25, 0.3) is 0 Å². The summed E-state index contributed by atoms with van der Waals surface area (Å²) in [6.07, 6.45) is -0.345. The first-order valence-electron chi connectivity index (χ1n) is 6.29. The molecule has 1 heterocycles. The molecule has 20 heavy (non-hydrogen) atoms. The van der Waals surface area contributed by atoms with Crippen LogP contribution in [0.4, 0.5) is 0 Å². The van der Waals surface area contributed by atoms with Gasteiger partial charge in [-0.25, -0.2) is 0 Å². The smallest absolute Gasteiger partial charge is 0.0860 e. The zero-order valence-corrected chi connectivity index (χ0v) is 14.3. The lowest BCUT2D eigenvalue weighted by atomic mass is 10.0. The van der Waals surface area contributed by atoms with Crippen LogP contribution >= 0.6 is 39.1 Å². The van der Waals surface area contributed by atoms with E-state index in [0.29, 0.717) is 28.6 Å². The molecule has 2 aromatic rings. The summed E-state index contributed by atoms with van der Waals surface area (Å²) < 4.78 is 2.58. The zero-order valence-electron chi connectivity index (χ0n) is 11.2. The molecule has 0 fully saturated rings. The Bertz CT molecular complexity index is 628. The molecule has 0 spiro atoms. The Balaban J connectivity index is 2.32. The number of aryl methyl sites for hydroxylation is 2. The molecule has 0 bridgehead atoms. The average Bonchev–Trinajstić information content (AvgIpc) is 2.69. The molecule has 6 heteroatoms. The first-order valence-corrected chi connectivity index (χ1v) is 7.84. The maximum Gasteiger partial charge on any atom is 0.0860 e. The minimum absolute atomic E-state index is 0.379. The van der Waals surface area contributed by atoms with Crippen molar-refractivity contribution in [2.45, 2.75) is 32.9 Å². The van der Waals surface area contributed by atoms with Gasteiger partial charge in [-0.2, -0.15) is 5.10 Å². The molecule has 1 unspecified atom stereocenters. The van der Waals surface area contributed by atoms with Crippen LogP contribution in [0.25, 0.3) is 0 Å². The number of aliphatic hydroxyl groups is 1. The van der Waals surface area contributed by atoms with Gasteiger partial charge in [-0.05, 0) is 35.8 Å². The van der Waals surface area contributed by atoms with Gasteiger partial charge in [0.05, 0.1) is 27.5 Å². The van der Waals surface area contributed by atoms with Crippen molar-refractivity contribution in [1.29, 1.82) is 0 Å². The second-order valence-corrected chi connectivity index (χ2v) is 6.14. The van der Waals surface area contributed by atoms with Gasteiger partial charge in [0, 0.05) is 23.0 Å². The Morgan fingerprint density at radius 2 is 2.05 bits per heavy atom. The summed E-state index contributed by atoms with van der Waals surface area (Å²) in [5, 5.41) is 15.9. The highest BCUT2D eigenvalue weighted by atomic mass is 79.9. The molecule has 0 radical (unpaired) electrons. The maximum atomic E-state index is 10.4. The van der Waals surface area contributed by atoms with Crippen molar-refractivity contribution >= 4 is 39.1 Å². The standard InChI is InChI=1S/C14H15BrCl2N2O/c1-3-19-11(13(16)8(2)18-19)7-12(20)9-5-4-6-10(15)14(9)17/h4-6,12,20H,3,7H2,1-2H3. The molecule has 1 atom stereocenters. The number of halogens is 3. The van der Waals surface area contributed by atoms with Gasteiger partial charge in [-0.3, -0.25) is 4.68 Å². The van der Waals surface area contributed by atoms with Crippen LogP contribution in [0.3, 0.4) is 0 Å². The van der Waals surface area contributed by atoms with Crippen molar-refractivity contribution in [2.75, 3.05) is 0 Å². The van der Waals surface area contributed by atoms with Crippen LogP contribution in [0.1, 0.15) is 30.0 Å². The number of hydrogen-bond donors (Lipinski definition) is 1. The highest BCUT2D eigenvalue weighted by Gasteiger charge is 2.19. The van der Waals surface area contributed by atoms with Gasteiger partial charge in [-0.1, -0.05) is 35.3 Å². The monoisotopic (exact) mass is 376 g/mol. The number of aromatic nitrogens is 2. The lowest BCUT2D eigenvalue weighted by Crippen LogP contribution is -2.09. The van der Waals surface area contributed by atoms with Crippen molar-refractivity contribution in [1.82, 2.24) is 9.78 Å². The molecule has 0 aliphatic carbocycles. The van der Waals surface area contributed by atoms with Crippen molar-refractivity contribution in [2.24, 2.45) is 0 Å². The zero-order chi connectivity index (χ0) is 14.9. The van der Waals surface area contributed by atoms with Crippen molar-refractivity contribution < 1.29 is 5.11 Å². The lowest BCUT2D eigenvalue weighted by molar-refractivity contribution is 0.175. The quantitative estimate of drug-likeness (QED) is 0.848. The second kappa shape index (κ2) is 6.48. The normalized spacial score (nSPS) is 12.7. The fourth-order valence-corrected chi connectivity index (χ4v) is 2.98. The largest absolute Gasteiger partial charge is 0.388 e. The predicted octanol–water partition coefficient (Wildman–Crippen LogP) is 4.56. The molecule has 1 N–H and O–H groups in total. The summed E-state index contributed by atoms with van der Waals surface area (Å²) in [5.74, 6) is 0. The number of rotatable bonds is 4. The third kappa shape index (κ3) is 3.03. The van der Waals surface area contributed by atoms with E-state index in [4.69, 9.17) is 23.2 Å². The first-order chi connectivity index (χ1) is 9.45. The van der Waals surface area contributed by atoms with Crippen LogP contribution in [-0.4, -0.2) is 14.9 Å². The van der Waals surface area contributed by atoms with E-state index in [0.717, 1.165) is 15.9 Å². The Hall–Kier alpha value is -0.550. The van der Waals surface area contributed by atoms with Gasteiger partial charge in [-0.15, -0.1) is 0 Å². The van der Waals surface area contributed by atoms with Crippen LogP contribution in [0.15, 0.2) is 22.7 Å². The predicted molar refractivity (Wildman–Crippen MR) is 85.5 cm³/mol. The summed E-state index contributed by atoms with van der Waals surface area (Å²) in [7, 11) is 0. The molecule has 1 aromatic carbocycles. The number of aliphatic hydroxyl groups excluding tert-OH is 1. The molecule has 0 amide bonds. The Kier molecular flexibility index (Phi) is 5.13. The van der Waals surface area contributed by atoms with E-state index in [2.05, 4.69) is 21.0 Å². The summed E-state index contributed by atoms with van der Waals surface area (Å²) in [4.78, 5) is 0. The molecule has 0 aliphatic heterocycles. The van der Waals surface area contributed by atoms with Gasteiger partial charge >= 0.3 is 0 Å². The van der Waals surface area contributed by atoms with Crippen molar-refractivity contribution in [3.05, 3.63) is 49.7 Å². The number of hydrogen-bond acceptors (Lipinski definition) is 2. The minimum Gasteiger partial charge on any atom is -0.388 e. The SMILES string of the molecule is CCn1nc(C)c(Cl)c1CC(O)c1cccc(Br)c1Cl. The molecule has 0 saturated heterocycles. The lowest BCUT2D eigenvalue weighted by Gasteiger charge is -2.14. The topological polar surface area (TPSA) is 38.0 Å². The fourth-order valence-electron chi connectivity index (χ4n) is 2.13. The number of benzene rings is 1. The molecule has 2 rings (SSSR count). The van der Waals surface area contributed by atoms with Crippen LogP contribution < -0.4 is 0 Å². The Morgan fingerprint density at radius 1 is 1.35 bits per heavy atom. The van der Waals surface area contributed by atoms with E-state index in [1.807, 2.05) is 36.7 Å². The highest BCUT2D eigenvalue weighted by Crippen LogP contribution is 2.33. The average molecular weight is 378 g/mol. The van der Waals surface area contributed by atoms with E-state index < -0.39 is 6.10 Å². The van der Waals surface area contributed by atoms with E-state index in [1.54, 1.807) is 0 Å². The summed E-state index contributed by atoms with van der Waals surface area (Å²) in [5.41, 5.74) is 2.28. The molecule has 1 aromatic heterocycles. The van der Waals surface area contributed by atoms with E-state index in [9.17, 15) is 5.11 Å². The summed E-state index contributed by atoms with van der Waals surface area (Å²) in [6.45, 7) is 4.56. The fraction of sp³-hybridized carbons (Fsp3) is 0.357. The minimum atomic E-state index is -0.723. The van der Waals surface area contributed by atoms with E-state index in [-0.39, 0.29) is 0 Å². The Morgan fingerprint density at radius 3 is 2.70 bits per heavy atom. The first kappa shape index (κ1) is 15.8. The molecular weight excluding hydrogens is 363 g/mol. The molecular formula is C14H15BrCl2N2O. The third-order valence-electron chi connectivity index (χ3n) is 3.18. The van der Waals surface area contributed by atoms with Crippen LogP contribution in [0.5, 0.6) is 0 Å². The van der Waals surface area contributed by atoms with Gasteiger partial charge < -0.3 is 5.11 Å². The molecule has 0 saturated carbocycles. The van der Waals surface area contributed by atoms with Crippen molar-refractivity contribution in [3.8, 4) is 0 Å². The summed E-state index contributed by atoms with van der Waals surface area (Å²) in [6, 6.07) is 5.50. The van der Waals surface area contributed by atoms with Crippen molar-refractivity contribution in [3.63, 3.8) is 0 Å².